The highest BCUT2D eigenvalue weighted by Gasteiger charge is 2.18. The van der Waals surface area contributed by atoms with E-state index in [0.29, 0.717) is 13.2 Å². The van der Waals surface area contributed by atoms with Crippen molar-refractivity contribution in [3.63, 3.8) is 0 Å². The summed E-state index contributed by atoms with van der Waals surface area (Å²) in [5, 5.41) is 0. The highest BCUT2D eigenvalue weighted by molar-refractivity contribution is 5.48. The maximum Gasteiger partial charge on any atom is 0.184 e. The summed E-state index contributed by atoms with van der Waals surface area (Å²) in [5.41, 5.74) is 2.34. The predicted octanol–water partition coefficient (Wildman–Crippen LogP) is 1.57. The molecule has 2 aliphatic heterocycles. The fourth-order valence-corrected chi connectivity index (χ4v) is 2.21. The first kappa shape index (κ1) is 11.0. The summed E-state index contributed by atoms with van der Waals surface area (Å²) >= 11 is 0. The number of morpholine rings is 1. The van der Waals surface area contributed by atoms with Crippen molar-refractivity contribution in [2.45, 2.75) is 6.29 Å². The monoisotopic (exact) mass is 235 g/mol. The molecule has 0 aliphatic carbocycles. The zero-order chi connectivity index (χ0) is 11.5. The molecule has 0 spiro atoms. The van der Waals surface area contributed by atoms with Gasteiger partial charge >= 0.3 is 0 Å². The van der Waals surface area contributed by atoms with Crippen molar-refractivity contribution in [2.24, 2.45) is 0 Å². The van der Waals surface area contributed by atoms with Crippen LogP contribution in [0.1, 0.15) is 11.9 Å². The van der Waals surface area contributed by atoms with Crippen molar-refractivity contribution in [3.8, 4) is 0 Å². The Hall–Kier alpha value is -1.10. The smallest absolute Gasteiger partial charge is 0.184 e. The van der Waals surface area contributed by atoms with Gasteiger partial charge in [0.15, 0.2) is 6.29 Å². The highest BCUT2D eigenvalue weighted by atomic mass is 16.7. The van der Waals surface area contributed by atoms with E-state index in [0.717, 1.165) is 31.9 Å². The summed E-state index contributed by atoms with van der Waals surface area (Å²) in [6.07, 6.45) is -0.172. The van der Waals surface area contributed by atoms with Gasteiger partial charge in [-0.15, -0.1) is 0 Å². The van der Waals surface area contributed by atoms with Crippen LogP contribution in [0.2, 0.25) is 0 Å². The van der Waals surface area contributed by atoms with E-state index in [-0.39, 0.29) is 6.29 Å². The second kappa shape index (κ2) is 5.04. The molecule has 1 aromatic carbocycles. The molecule has 92 valence electrons. The van der Waals surface area contributed by atoms with Crippen LogP contribution in [0.15, 0.2) is 24.3 Å². The Morgan fingerprint density at radius 1 is 0.882 bits per heavy atom. The van der Waals surface area contributed by atoms with E-state index < -0.39 is 0 Å². The molecule has 0 unspecified atom stereocenters. The molecule has 3 rings (SSSR count). The van der Waals surface area contributed by atoms with Crippen LogP contribution < -0.4 is 4.90 Å². The standard InChI is InChI=1S/C13H17NO3/c1-3-12(14-5-7-15-8-6-14)4-2-11(1)13-16-9-10-17-13/h1-4,13H,5-10H2. The first-order valence-corrected chi connectivity index (χ1v) is 6.09. The van der Waals surface area contributed by atoms with E-state index >= 15 is 0 Å². The zero-order valence-electron chi connectivity index (χ0n) is 9.80. The Morgan fingerprint density at radius 3 is 2.18 bits per heavy atom. The summed E-state index contributed by atoms with van der Waals surface area (Å²) in [7, 11) is 0. The first-order chi connectivity index (χ1) is 8.43. The van der Waals surface area contributed by atoms with Crippen molar-refractivity contribution in [1.29, 1.82) is 0 Å². The number of hydrogen-bond donors (Lipinski definition) is 0. The van der Waals surface area contributed by atoms with E-state index in [1.54, 1.807) is 0 Å². The third-order valence-electron chi connectivity index (χ3n) is 3.16. The first-order valence-electron chi connectivity index (χ1n) is 6.09. The predicted molar refractivity (Wildman–Crippen MR) is 64.1 cm³/mol. The van der Waals surface area contributed by atoms with Crippen LogP contribution in [0, 0.1) is 0 Å². The Kier molecular flexibility index (Phi) is 3.27. The summed E-state index contributed by atoms with van der Waals surface area (Å²) in [4.78, 5) is 2.34. The summed E-state index contributed by atoms with van der Waals surface area (Å²) in [6, 6.07) is 8.43. The van der Waals surface area contributed by atoms with E-state index in [4.69, 9.17) is 14.2 Å². The lowest BCUT2D eigenvalue weighted by molar-refractivity contribution is -0.0441. The molecule has 1 aromatic rings. The Labute approximate surface area is 101 Å². The van der Waals surface area contributed by atoms with Crippen LogP contribution in [0.25, 0.3) is 0 Å². The zero-order valence-corrected chi connectivity index (χ0v) is 9.80. The largest absolute Gasteiger partial charge is 0.378 e. The molecule has 0 bridgehead atoms. The van der Waals surface area contributed by atoms with Crippen LogP contribution in [-0.4, -0.2) is 39.5 Å². The van der Waals surface area contributed by atoms with Gasteiger partial charge in [0, 0.05) is 24.3 Å². The minimum absolute atomic E-state index is 0.172. The molecule has 0 atom stereocenters. The SMILES string of the molecule is c1cc(N2CCOCC2)ccc1C1OCCO1. The Morgan fingerprint density at radius 2 is 1.53 bits per heavy atom. The van der Waals surface area contributed by atoms with Crippen molar-refractivity contribution in [2.75, 3.05) is 44.4 Å². The molecule has 4 nitrogen and oxygen atoms in total. The lowest BCUT2D eigenvalue weighted by Crippen LogP contribution is -2.36. The number of ether oxygens (including phenoxy) is 3. The van der Waals surface area contributed by atoms with E-state index in [2.05, 4.69) is 29.2 Å². The Balaban J connectivity index is 1.70. The molecule has 2 fully saturated rings. The van der Waals surface area contributed by atoms with Gasteiger partial charge in [-0.25, -0.2) is 0 Å². The number of nitrogens with zero attached hydrogens (tertiary/aromatic N) is 1. The van der Waals surface area contributed by atoms with E-state index in [1.807, 2.05) is 0 Å². The number of hydrogen-bond acceptors (Lipinski definition) is 4. The molecule has 2 aliphatic rings. The minimum atomic E-state index is -0.172. The van der Waals surface area contributed by atoms with Gasteiger partial charge in [0.25, 0.3) is 0 Å². The maximum atomic E-state index is 5.47. The fourth-order valence-electron chi connectivity index (χ4n) is 2.21. The topological polar surface area (TPSA) is 30.9 Å². The average molecular weight is 235 g/mol. The van der Waals surface area contributed by atoms with Crippen LogP contribution in [0.5, 0.6) is 0 Å². The van der Waals surface area contributed by atoms with Gasteiger partial charge in [-0.3, -0.25) is 0 Å². The maximum absolute atomic E-state index is 5.47. The molecular weight excluding hydrogens is 218 g/mol. The van der Waals surface area contributed by atoms with Gasteiger partial charge in [0.05, 0.1) is 26.4 Å². The van der Waals surface area contributed by atoms with Crippen LogP contribution in [0.3, 0.4) is 0 Å². The molecule has 17 heavy (non-hydrogen) atoms. The Bertz CT molecular complexity index is 353. The van der Waals surface area contributed by atoms with E-state index in [9.17, 15) is 0 Å². The minimum Gasteiger partial charge on any atom is -0.378 e. The summed E-state index contributed by atoms with van der Waals surface area (Å²) in [5.74, 6) is 0. The highest BCUT2D eigenvalue weighted by Crippen LogP contribution is 2.25. The molecular formula is C13H17NO3. The van der Waals surface area contributed by atoms with Crippen LogP contribution in [-0.2, 0) is 14.2 Å². The summed E-state index contributed by atoms with van der Waals surface area (Å²) < 4.78 is 16.3. The molecule has 0 aromatic heterocycles. The molecule has 4 heteroatoms. The third-order valence-corrected chi connectivity index (χ3v) is 3.16. The van der Waals surface area contributed by atoms with Crippen LogP contribution in [0.4, 0.5) is 5.69 Å². The lowest BCUT2D eigenvalue weighted by atomic mass is 10.2. The average Bonchev–Trinajstić information content (AvgIpc) is 2.94. The van der Waals surface area contributed by atoms with Gasteiger partial charge in [-0.2, -0.15) is 0 Å². The van der Waals surface area contributed by atoms with Gasteiger partial charge in [0.2, 0.25) is 0 Å². The molecule has 0 N–H and O–H groups in total. The molecule has 0 amide bonds. The van der Waals surface area contributed by atoms with Gasteiger partial charge in [-0.1, -0.05) is 12.1 Å². The van der Waals surface area contributed by atoms with Crippen molar-refractivity contribution >= 4 is 5.69 Å². The fraction of sp³-hybridized carbons (Fsp3) is 0.538. The van der Waals surface area contributed by atoms with E-state index in [1.165, 1.54) is 5.69 Å². The van der Waals surface area contributed by atoms with Gasteiger partial charge in [0.1, 0.15) is 0 Å². The molecule has 2 saturated heterocycles. The third kappa shape index (κ3) is 2.44. The summed E-state index contributed by atoms with van der Waals surface area (Å²) in [6.45, 7) is 4.95. The number of benzene rings is 1. The lowest BCUT2D eigenvalue weighted by Gasteiger charge is -2.29. The van der Waals surface area contributed by atoms with Crippen LogP contribution >= 0.6 is 0 Å². The molecule has 2 heterocycles. The van der Waals surface area contributed by atoms with Crippen molar-refractivity contribution in [3.05, 3.63) is 29.8 Å². The molecule has 0 radical (unpaired) electrons. The number of anilines is 1. The van der Waals surface area contributed by atoms with Crippen molar-refractivity contribution < 1.29 is 14.2 Å². The quantitative estimate of drug-likeness (QED) is 0.778. The normalized spacial score (nSPS) is 22.0. The second-order valence-electron chi connectivity index (χ2n) is 4.26. The van der Waals surface area contributed by atoms with Gasteiger partial charge < -0.3 is 19.1 Å². The van der Waals surface area contributed by atoms with Gasteiger partial charge in [-0.05, 0) is 12.1 Å². The second-order valence-corrected chi connectivity index (χ2v) is 4.26. The van der Waals surface area contributed by atoms with Crippen molar-refractivity contribution in [1.82, 2.24) is 0 Å². The molecule has 0 saturated carbocycles. The number of rotatable bonds is 2.